The van der Waals surface area contributed by atoms with Crippen LogP contribution in [0.4, 0.5) is 5.82 Å². The Morgan fingerprint density at radius 3 is 2.71 bits per heavy atom. The zero-order chi connectivity index (χ0) is 16.6. The molecule has 0 unspecified atom stereocenters. The summed E-state index contributed by atoms with van der Waals surface area (Å²) in [5.41, 5.74) is 0.577. The van der Waals surface area contributed by atoms with Crippen LogP contribution in [0.15, 0.2) is 17.8 Å². The molecular weight excluding hydrogens is 324 g/mol. The molecule has 0 radical (unpaired) electrons. The minimum Gasteiger partial charge on any atom is -0.481 e. The van der Waals surface area contributed by atoms with Gasteiger partial charge in [-0.15, -0.1) is 11.3 Å². The van der Waals surface area contributed by atoms with E-state index in [0.29, 0.717) is 0 Å². The molecule has 7 heteroatoms. The van der Waals surface area contributed by atoms with Crippen LogP contribution in [0, 0.1) is 5.41 Å². The molecule has 2 aromatic heterocycles. The Hall–Kier alpha value is -1.73. The first-order chi connectivity index (χ1) is 11.7. The number of carboxylic acid groups (broad SMARTS) is 1. The van der Waals surface area contributed by atoms with Crippen molar-refractivity contribution in [2.75, 3.05) is 37.6 Å². The first-order valence-corrected chi connectivity index (χ1v) is 9.45. The van der Waals surface area contributed by atoms with Crippen LogP contribution in [-0.2, 0) is 4.79 Å². The fraction of sp³-hybridized carbons (Fsp3) is 0.588. The molecule has 6 nitrogen and oxygen atoms in total. The highest BCUT2D eigenvalue weighted by atomic mass is 32.1. The van der Waals surface area contributed by atoms with E-state index in [-0.39, 0.29) is 0 Å². The molecule has 1 saturated heterocycles. The van der Waals surface area contributed by atoms with Gasteiger partial charge in [0.05, 0.1) is 15.6 Å². The molecule has 0 bridgehead atoms. The molecule has 0 aromatic carbocycles. The third kappa shape index (κ3) is 2.75. The van der Waals surface area contributed by atoms with E-state index in [1.54, 1.807) is 17.7 Å². The molecular formula is C17H22N4O2S. The second-order valence-electron chi connectivity index (χ2n) is 6.85. The van der Waals surface area contributed by atoms with Gasteiger partial charge in [-0.05, 0) is 37.3 Å². The maximum absolute atomic E-state index is 11.5. The summed E-state index contributed by atoms with van der Waals surface area (Å²) >= 11 is 1.69. The van der Waals surface area contributed by atoms with Crippen molar-refractivity contribution in [3.05, 3.63) is 17.8 Å². The lowest BCUT2D eigenvalue weighted by Crippen LogP contribution is -2.49. The number of anilines is 1. The third-order valence-corrected chi connectivity index (χ3v) is 6.47. The summed E-state index contributed by atoms with van der Waals surface area (Å²) in [6.45, 7) is 4.69. The lowest BCUT2D eigenvalue weighted by atomic mass is 9.66. The molecule has 128 valence electrons. The number of aromatic nitrogens is 2. The highest BCUT2D eigenvalue weighted by molar-refractivity contribution is 7.17. The van der Waals surface area contributed by atoms with Crippen LogP contribution in [0.5, 0.6) is 0 Å². The molecule has 0 amide bonds. The zero-order valence-electron chi connectivity index (χ0n) is 13.6. The number of carboxylic acids is 1. The predicted molar refractivity (Wildman–Crippen MR) is 94.6 cm³/mol. The van der Waals surface area contributed by atoms with Crippen molar-refractivity contribution in [1.29, 1.82) is 0 Å². The molecule has 3 heterocycles. The smallest absolute Gasteiger partial charge is 0.309 e. The summed E-state index contributed by atoms with van der Waals surface area (Å²) < 4.78 is 1.16. The van der Waals surface area contributed by atoms with Gasteiger partial charge in [0, 0.05) is 26.2 Å². The Bertz CT molecular complexity index is 735. The number of carbonyl (C=O) groups is 1. The van der Waals surface area contributed by atoms with Gasteiger partial charge in [-0.1, -0.05) is 6.42 Å². The molecule has 0 spiro atoms. The summed E-state index contributed by atoms with van der Waals surface area (Å²) in [5, 5.41) is 11.5. The predicted octanol–water partition coefficient (Wildman–Crippen LogP) is 2.46. The van der Waals surface area contributed by atoms with Crippen molar-refractivity contribution >= 4 is 33.3 Å². The van der Waals surface area contributed by atoms with E-state index < -0.39 is 11.4 Å². The SMILES string of the molecule is O=C(O)C1(CCN2CCN(c3ncnc4ccsc34)CC2)CCC1. The van der Waals surface area contributed by atoms with Crippen molar-refractivity contribution in [3.8, 4) is 0 Å². The monoisotopic (exact) mass is 346 g/mol. The van der Waals surface area contributed by atoms with E-state index in [0.717, 1.165) is 74.4 Å². The Morgan fingerprint density at radius 1 is 1.25 bits per heavy atom. The number of nitrogens with zero attached hydrogens (tertiary/aromatic N) is 4. The zero-order valence-corrected chi connectivity index (χ0v) is 14.5. The van der Waals surface area contributed by atoms with E-state index in [4.69, 9.17) is 0 Å². The first-order valence-electron chi connectivity index (χ1n) is 8.57. The summed E-state index contributed by atoms with van der Waals surface area (Å²) in [5.74, 6) is 0.434. The van der Waals surface area contributed by atoms with Crippen molar-refractivity contribution in [2.24, 2.45) is 5.41 Å². The van der Waals surface area contributed by atoms with Gasteiger partial charge < -0.3 is 10.0 Å². The van der Waals surface area contributed by atoms with Gasteiger partial charge in [-0.2, -0.15) is 0 Å². The normalized spacial score (nSPS) is 20.9. The van der Waals surface area contributed by atoms with Crippen molar-refractivity contribution < 1.29 is 9.90 Å². The van der Waals surface area contributed by atoms with Gasteiger partial charge in [0.15, 0.2) is 0 Å². The average molecular weight is 346 g/mol. The second kappa shape index (κ2) is 6.29. The van der Waals surface area contributed by atoms with Crippen LogP contribution < -0.4 is 4.90 Å². The minimum atomic E-state index is -0.603. The molecule has 2 aliphatic rings. The molecule has 24 heavy (non-hydrogen) atoms. The molecule has 2 fully saturated rings. The molecule has 1 saturated carbocycles. The number of fused-ring (bicyclic) bond motifs is 1. The lowest BCUT2D eigenvalue weighted by Gasteiger charge is -2.41. The van der Waals surface area contributed by atoms with E-state index >= 15 is 0 Å². The summed E-state index contributed by atoms with van der Waals surface area (Å²) in [7, 11) is 0. The molecule has 0 atom stereocenters. The van der Waals surface area contributed by atoms with Crippen LogP contribution >= 0.6 is 11.3 Å². The Kier molecular flexibility index (Phi) is 4.14. The van der Waals surface area contributed by atoms with E-state index in [9.17, 15) is 9.90 Å². The van der Waals surface area contributed by atoms with Crippen LogP contribution in [0.2, 0.25) is 0 Å². The molecule has 1 N–H and O–H groups in total. The fourth-order valence-corrected chi connectivity index (χ4v) is 4.59. The Balaban J connectivity index is 1.35. The second-order valence-corrected chi connectivity index (χ2v) is 7.77. The topological polar surface area (TPSA) is 69.6 Å². The van der Waals surface area contributed by atoms with Gasteiger partial charge in [-0.25, -0.2) is 9.97 Å². The summed E-state index contributed by atoms with van der Waals surface area (Å²) in [6.07, 6.45) is 5.18. The van der Waals surface area contributed by atoms with Crippen LogP contribution in [0.1, 0.15) is 25.7 Å². The Morgan fingerprint density at radius 2 is 2.04 bits per heavy atom. The van der Waals surface area contributed by atoms with Gasteiger partial charge in [0.1, 0.15) is 12.1 Å². The fourth-order valence-electron chi connectivity index (χ4n) is 3.73. The van der Waals surface area contributed by atoms with Gasteiger partial charge >= 0.3 is 5.97 Å². The number of piperazine rings is 1. The maximum atomic E-state index is 11.5. The maximum Gasteiger partial charge on any atom is 0.309 e. The molecule has 1 aliphatic carbocycles. The molecule has 4 rings (SSSR count). The highest BCUT2D eigenvalue weighted by Crippen LogP contribution is 2.44. The van der Waals surface area contributed by atoms with Crippen molar-refractivity contribution in [3.63, 3.8) is 0 Å². The van der Waals surface area contributed by atoms with Crippen molar-refractivity contribution in [2.45, 2.75) is 25.7 Å². The number of thiophene rings is 1. The van der Waals surface area contributed by atoms with Crippen LogP contribution in [0.25, 0.3) is 10.2 Å². The Labute approximate surface area is 145 Å². The van der Waals surface area contributed by atoms with Crippen LogP contribution in [0.3, 0.4) is 0 Å². The number of rotatable bonds is 5. The largest absolute Gasteiger partial charge is 0.481 e. The number of hydrogen-bond donors (Lipinski definition) is 1. The van der Waals surface area contributed by atoms with E-state index in [1.165, 1.54) is 0 Å². The van der Waals surface area contributed by atoms with Gasteiger partial charge in [0.2, 0.25) is 0 Å². The van der Waals surface area contributed by atoms with Gasteiger partial charge in [-0.3, -0.25) is 9.69 Å². The standard InChI is InChI=1S/C17H22N4O2S/c22-16(23)17(3-1-4-17)5-6-20-7-9-21(10-8-20)15-14-13(2-11-24-14)18-12-19-15/h2,11-12H,1,3-10H2,(H,22,23). The summed E-state index contributed by atoms with van der Waals surface area (Å²) in [6, 6.07) is 2.03. The first kappa shape index (κ1) is 15.8. The van der Waals surface area contributed by atoms with E-state index in [1.807, 2.05) is 6.07 Å². The average Bonchev–Trinajstić information content (AvgIpc) is 3.03. The molecule has 1 aliphatic heterocycles. The van der Waals surface area contributed by atoms with Crippen molar-refractivity contribution in [1.82, 2.24) is 14.9 Å². The van der Waals surface area contributed by atoms with Crippen LogP contribution in [-0.4, -0.2) is 58.7 Å². The highest BCUT2D eigenvalue weighted by Gasteiger charge is 2.44. The minimum absolute atomic E-state index is 0.438. The quantitative estimate of drug-likeness (QED) is 0.897. The lowest BCUT2D eigenvalue weighted by molar-refractivity contribution is -0.155. The summed E-state index contributed by atoms with van der Waals surface area (Å²) in [4.78, 5) is 25.0. The number of aliphatic carboxylic acids is 1. The van der Waals surface area contributed by atoms with E-state index in [2.05, 4.69) is 25.1 Å². The van der Waals surface area contributed by atoms with Gasteiger partial charge in [0.25, 0.3) is 0 Å². The molecule has 2 aromatic rings. The number of hydrogen-bond acceptors (Lipinski definition) is 6. The third-order valence-electron chi connectivity index (χ3n) is 5.57.